The van der Waals surface area contributed by atoms with Crippen LogP contribution in [0.4, 0.5) is 5.69 Å². The fourth-order valence-corrected chi connectivity index (χ4v) is 4.13. The number of anilines is 1. The number of rotatable bonds is 10. The van der Waals surface area contributed by atoms with Crippen LogP contribution in [-0.2, 0) is 26.2 Å². The van der Waals surface area contributed by atoms with Crippen LogP contribution in [0.3, 0.4) is 0 Å². The van der Waals surface area contributed by atoms with Crippen molar-refractivity contribution in [2.75, 3.05) is 17.1 Å². The number of hydrogen-bond donors (Lipinski definition) is 1. The van der Waals surface area contributed by atoms with Crippen molar-refractivity contribution in [1.82, 2.24) is 10.2 Å². The zero-order chi connectivity index (χ0) is 24.8. The molecule has 1 N–H and O–H groups in total. The average Bonchev–Trinajstić information content (AvgIpc) is 2.76. The Morgan fingerprint density at radius 2 is 1.61 bits per heavy atom. The molecule has 0 aliphatic heterocycles. The number of sulfonamides is 1. The predicted octanol–water partition coefficient (Wildman–Crippen LogP) is 3.75. The van der Waals surface area contributed by atoms with Crippen LogP contribution < -0.4 is 9.62 Å². The summed E-state index contributed by atoms with van der Waals surface area (Å²) in [6, 6.07) is 13.0. The van der Waals surface area contributed by atoms with Crippen molar-refractivity contribution < 1.29 is 18.0 Å². The summed E-state index contributed by atoms with van der Waals surface area (Å²) in [6.07, 6.45) is 1.79. The zero-order valence-electron chi connectivity index (χ0n) is 19.7. The van der Waals surface area contributed by atoms with Crippen molar-refractivity contribution in [3.05, 3.63) is 64.7 Å². The van der Waals surface area contributed by atoms with E-state index in [-0.39, 0.29) is 18.5 Å². The number of nitrogens with zero attached hydrogens (tertiary/aromatic N) is 2. The van der Waals surface area contributed by atoms with Crippen LogP contribution >= 0.6 is 11.6 Å². The molecule has 2 aromatic rings. The molecule has 0 saturated heterocycles. The third-order valence-corrected chi connectivity index (χ3v) is 6.83. The van der Waals surface area contributed by atoms with Gasteiger partial charge in [-0.1, -0.05) is 48.4 Å². The van der Waals surface area contributed by atoms with E-state index >= 15 is 0 Å². The van der Waals surface area contributed by atoms with Gasteiger partial charge in [0.25, 0.3) is 0 Å². The molecular weight excluding hydrogens is 462 g/mol. The highest BCUT2D eigenvalue weighted by atomic mass is 35.5. The number of aryl methyl sites for hydroxylation is 1. The Labute approximate surface area is 201 Å². The van der Waals surface area contributed by atoms with Gasteiger partial charge in [0.1, 0.15) is 12.6 Å². The molecule has 0 radical (unpaired) electrons. The molecule has 0 fully saturated rings. The quantitative estimate of drug-likeness (QED) is 0.546. The molecule has 2 amide bonds. The van der Waals surface area contributed by atoms with Crippen LogP contribution in [0.2, 0.25) is 5.02 Å². The maximum absolute atomic E-state index is 13.4. The summed E-state index contributed by atoms with van der Waals surface area (Å²) >= 11 is 5.93. The normalized spacial score (nSPS) is 13.2. The standard InChI is InChI=1S/C24H32ClN3O4S/c1-6-18(3)26-24(30)19(4)27(15-20-9-7-17(2)8-10-20)23(29)16-28(33(5,31)32)22-13-11-21(25)12-14-22/h7-14,18-19H,6,15-16H2,1-5H3,(H,26,30)/t18-,19+/m1/s1. The topological polar surface area (TPSA) is 86.8 Å². The number of benzene rings is 2. The minimum absolute atomic E-state index is 0.0436. The minimum Gasteiger partial charge on any atom is -0.352 e. The number of carbonyl (C=O) groups excluding carboxylic acids is 2. The van der Waals surface area contributed by atoms with E-state index in [2.05, 4.69) is 5.32 Å². The Morgan fingerprint density at radius 1 is 1.03 bits per heavy atom. The monoisotopic (exact) mass is 493 g/mol. The predicted molar refractivity (Wildman–Crippen MR) is 133 cm³/mol. The summed E-state index contributed by atoms with van der Waals surface area (Å²) in [7, 11) is -3.76. The molecule has 0 unspecified atom stereocenters. The number of amides is 2. The molecule has 0 aliphatic carbocycles. The Kier molecular flexibility index (Phi) is 9.31. The zero-order valence-corrected chi connectivity index (χ0v) is 21.3. The van der Waals surface area contributed by atoms with Gasteiger partial charge >= 0.3 is 0 Å². The molecule has 180 valence electrons. The highest BCUT2D eigenvalue weighted by Gasteiger charge is 2.30. The summed E-state index contributed by atoms with van der Waals surface area (Å²) in [4.78, 5) is 27.7. The smallest absolute Gasteiger partial charge is 0.244 e. The first-order valence-corrected chi connectivity index (χ1v) is 13.0. The van der Waals surface area contributed by atoms with Crippen molar-refractivity contribution in [2.45, 2.75) is 52.7 Å². The molecule has 0 bridgehead atoms. The summed E-state index contributed by atoms with van der Waals surface area (Å²) < 4.78 is 26.0. The second-order valence-corrected chi connectivity index (χ2v) is 10.6. The third-order valence-electron chi connectivity index (χ3n) is 5.44. The lowest BCUT2D eigenvalue weighted by Gasteiger charge is -2.32. The van der Waals surface area contributed by atoms with Crippen molar-refractivity contribution >= 4 is 39.1 Å². The van der Waals surface area contributed by atoms with E-state index in [1.165, 1.54) is 4.90 Å². The van der Waals surface area contributed by atoms with Gasteiger partial charge in [-0.05, 0) is 57.0 Å². The lowest BCUT2D eigenvalue weighted by atomic mass is 10.1. The first-order chi connectivity index (χ1) is 15.4. The first-order valence-electron chi connectivity index (χ1n) is 10.8. The van der Waals surface area contributed by atoms with E-state index in [1.54, 1.807) is 31.2 Å². The van der Waals surface area contributed by atoms with E-state index in [0.29, 0.717) is 10.7 Å². The number of nitrogens with one attached hydrogen (secondary N) is 1. The van der Waals surface area contributed by atoms with Crippen molar-refractivity contribution in [2.24, 2.45) is 0 Å². The van der Waals surface area contributed by atoms with E-state index in [1.807, 2.05) is 45.0 Å². The summed E-state index contributed by atoms with van der Waals surface area (Å²) in [5, 5.41) is 3.36. The largest absolute Gasteiger partial charge is 0.352 e. The Morgan fingerprint density at radius 3 is 2.12 bits per heavy atom. The molecule has 0 aliphatic rings. The number of carbonyl (C=O) groups is 2. The van der Waals surface area contributed by atoms with Crippen LogP contribution in [0.15, 0.2) is 48.5 Å². The molecule has 7 nitrogen and oxygen atoms in total. The second kappa shape index (κ2) is 11.5. The van der Waals surface area contributed by atoms with Gasteiger partial charge in [0.2, 0.25) is 21.8 Å². The maximum Gasteiger partial charge on any atom is 0.244 e. The third kappa shape index (κ3) is 7.75. The van der Waals surface area contributed by atoms with Gasteiger partial charge < -0.3 is 10.2 Å². The fraction of sp³-hybridized carbons (Fsp3) is 0.417. The number of hydrogen-bond acceptors (Lipinski definition) is 4. The van der Waals surface area contributed by atoms with Crippen LogP contribution in [0.1, 0.15) is 38.3 Å². The Balaban J connectivity index is 2.36. The van der Waals surface area contributed by atoms with Gasteiger partial charge in [-0.15, -0.1) is 0 Å². The van der Waals surface area contributed by atoms with Crippen molar-refractivity contribution in [3.8, 4) is 0 Å². The van der Waals surface area contributed by atoms with Crippen LogP contribution in [-0.4, -0.2) is 50.0 Å². The highest BCUT2D eigenvalue weighted by Crippen LogP contribution is 2.21. The lowest BCUT2D eigenvalue weighted by Crippen LogP contribution is -2.52. The molecule has 2 atom stereocenters. The first kappa shape index (κ1) is 26.7. The molecule has 0 heterocycles. The van der Waals surface area contributed by atoms with E-state index in [9.17, 15) is 18.0 Å². The Bertz CT molecular complexity index is 1060. The van der Waals surface area contributed by atoms with E-state index in [4.69, 9.17) is 11.6 Å². The van der Waals surface area contributed by atoms with E-state index in [0.717, 1.165) is 28.1 Å². The van der Waals surface area contributed by atoms with Gasteiger partial charge in [-0.25, -0.2) is 8.42 Å². The molecule has 0 saturated carbocycles. The van der Waals surface area contributed by atoms with Crippen LogP contribution in [0.5, 0.6) is 0 Å². The summed E-state index contributed by atoms with van der Waals surface area (Å²) in [6.45, 7) is 7.20. The van der Waals surface area contributed by atoms with Crippen molar-refractivity contribution in [3.63, 3.8) is 0 Å². The molecule has 0 spiro atoms. The average molecular weight is 494 g/mol. The van der Waals surface area contributed by atoms with Gasteiger partial charge in [0, 0.05) is 17.6 Å². The van der Waals surface area contributed by atoms with Crippen molar-refractivity contribution in [1.29, 1.82) is 0 Å². The summed E-state index contributed by atoms with van der Waals surface area (Å²) in [5.41, 5.74) is 2.24. The molecular formula is C24H32ClN3O4S. The molecule has 0 aromatic heterocycles. The van der Waals surface area contributed by atoms with Gasteiger partial charge in [0.15, 0.2) is 0 Å². The Hall–Kier alpha value is -2.58. The van der Waals surface area contributed by atoms with Gasteiger partial charge in [-0.3, -0.25) is 13.9 Å². The van der Waals surface area contributed by atoms with Crippen LogP contribution in [0, 0.1) is 6.92 Å². The molecule has 2 rings (SSSR count). The second-order valence-electron chi connectivity index (χ2n) is 8.25. The van der Waals surface area contributed by atoms with Crippen LogP contribution in [0.25, 0.3) is 0 Å². The highest BCUT2D eigenvalue weighted by molar-refractivity contribution is 7.92. The van der Waals surface area contributed by atoms with E-state index < -0.39 is 28.5 Å². The molecule has 33 heavy (non-hydrogen) atoms. The van der Waals surface area contributed by atoms with Gasteiger partial charge in [0.05, 0.1) is 11.9 Å². The molecule has 2 aromatic carbocycles. The fourth-order valence-electron chi connectivity index (χ4n) is 3.16. The lowest BCUT2D eigenvalue weighted by molar-refractivity contribution is -0.139. The minimum atomic E-state index is -3.76. The van der Waals surface area contributed by atoms with Gasteiger partial charge in [-0.2, -0.15) is 0 Å². The summed E-state index contributed by atoms with van der Waals surface area (Å²) in [5.74, 6) is -0.773. The maximum atomic E-state index is 13.4. The number of halogens is 1. The molecule has 9 heteroatoms. The SMILES string of the molecule is CC[C@@H](C)NC(=O)[C@H](C)N(Cc1ccc(C)cc1)C(=O)CN(c1ccc(Cl)cc1)S(C)(=O)=O.